The fourth-order valence-corrected chi connectivity index (χ4v) is 1.91. The van der Waals surface area contributed by atoms with Gasteiger partial charge in [-0.25, -0.2) is 8.78 Å². The van der Waals surface area contributed by atoms with Gasteiger partial charge in [0.1, 0.15) is 0 Å². The summed E-state index contributed by atoms with van der Waals surface area (Å²) in [6.45, 7) is 7.42. The van der Waals surface area contributed by atoms with Gasteiger partial charge in [-0.3, -0.25) is 4.98 Å². The molecule has 0 saturated carbocycles. The molecule has 0 spiro atoms. The molecule has 1 fully saturated rings. The number of nitrogens with zero attached hydrogens (tertiary/aromatic N) is 1. The van der Waals surface area contributed by atoms with Crippen molar-refractivity contribution in [2.75, 3.05) is 5.73 Å². The normalized spacial score (nSPS) is 21.1. The van der Waals surface area contributed by atoms with E-state index in [4.69, 9.17) is 15.0 Å². The highest BCUT2D eigenvalue weighted by molar-refractivity contribution is 6.62. The van der Waals surface area contributed by atoms with Gasteiger partial charge >= 0.3 is 7.12 Å². The van der Waals surface area contributed by atoms with Crippen LogP contribution < -0.4 is 11.2 Å². The number of aromatic nitrogens is 1. The van der Waals surface area contributed by atoms with E-state index in [1.807, 2.05) is 27.7 Å². The molecular formula is C12H17BF2N2O2. The Hall–Kier alpha value is -1.21. The number of hydrogen-bond donors (Lipinski definition) is 1. The first-order valence-corrected chi connectivity index (χ1v) is 6.03. The van der Waals surface area contributed by atoms with E-state index < -0.39 is 24.7 Å². The summed E-state index contributed by atoms with van der Waals surface area (Å²) in [5.74, 6) is 0. The number of hydrogen-bond acceptors (Lipinski definition) is 4. The van der Waals surface area contributed by atoms with Gasteiger partial charge in [-0.2, -0.15) is 0 Å². The lowest BCUT2D eigenvalue weighted by molar-refractivity contribution is 0.00578. The topological polar surface area (TPSA) is 57.4 Å². The van der Waals surface area contributed by atoms with Crippen molar-refractivity contribution in [3.8, 4) is 0 Å². The molecule has 19 heavy (non-hydrogen) atoms. The van der Waals surface area contributed by atoms with E-state index in [1.54, 1.807) is 0 Å². The van der Waals surface area contributed by atoms with Crippen LogP contribution in [0.2, 0.25) is 0 Å². The average molecular weight is 270 g/mol. The van der Waals surface area contributed by atoms with Crippen LogP contribution in [0.15, 0.2) is 12.4 Å². The highest BCUT2D eigenvalue weighted by Crippen LogP contribution is 2.37. The first kappa shape index (κ1) is 14.2. The molecule has 104 valence electrons. The SMILES string of the molecule is CC1(C)OB(c2cncc(N)c2C(F)F)OC1(C)C. The monoisotopic (exact) mass is 270 g/mol. The Kier molecular flexibility index (Phi) is 3.30. The second-order valence-electron chi connectivity index (χ2n) is 5.62. The van der Waals surface area contributed by atoms with Crippen molar-refractivity contribution in [3.63, 3.8) is 0 Å². The molecule has 0 aromatic carbocycles. The van der Waals surface area contributed by atoms with Gasteiger partial charge in [-0.15, -0.1) is 0 Å². The molecule has 1 aromatic heterocycles. The molecule has 2 heterocycles. The summed E-state index contributed by atoms with van der Waals surface area (Å²) in [4.78, 5) is 3.85. The third-order valence-corrected chi connectivity index (χ3v) is 3.77. The maximum Gasteiger partial charge on any atom is 0.497 e. The quantitative estimate of drug-likeness (QED) is 0.834. The number of alkyl halides is 2. The molecule has 0 aliphatic carbocycles. The van der Waals surface area contributed by atoms with Crippen LogP contribution in [-0.4, -0.2) is 23.3 Å². The van der Waals surface area contributed by atoms with E-state index in [9.17, 15) is 8.78 Å². The number of nitrogens with two attached hydrogens (primary N) is 1. The van der Waals surface area contributed by atoms with Crippen LogP contribution in [0.5, 0.6) is 0 Å². The van der Waals surface area contributed by atoms with Crippen molar-refractivity contribution in [1.82, 2.24) is 4.98 Å². The molecule has 0 unspecified atom stereocenters. The summed E-state index contributed by atoms with van der Waals surface area (Å²) in [7, 11) is -0.884. The molecule has 2 N–H and O–H groups in total. The van der Waals surface area contributed by atoms with Crippen LogP contribution in [0.4, 0.5) is 14.5 Å². The Morgan fingerprint density at radius 3 is 2.16 bits per heavy atom. The Bertz CT molecular complexity index is 479. The van der Waals surface area contributed by atoms with Crippen molar-refractivity contribution >= 4 is 18.3 Å². The van der Waals surface area contributed by atoms with Crippen LogP contribution in [0.3, 0.4) is 0 Å². The zero-order valence-electron chi connectivity index (χ0n) is 11.4. The number of anilines is 1. The molecule has 0 atom stereocenters. The summed E-state index contributed by atoms with van der Waals surface area (Å²) in [5.41, 5.74) is 4.25. The van der Waals surface area contributed by atoms with E-state index in [0.29, 0.717) is 0 Å². The lowest BCUT2D eigenvalue weighted by Crippen LogP contribution is -2.41. The number of halogens is 2. The minimum Gasteiger partial charge on any atom is -0.399 e. The van der Waals surface area contributed by atoms with Gasteiger partial charge in [-0.1, -0.05) is 0 Å². The van der Waals surface area contributed by atoms with Crippen LogP contribution in [0.25, 0.3) is 0 Å². The maximum atomic E-state index is 13.1. The zero-order chi connectivity index (χ0) is 14.4. The van der Waals surface area contributed by atoms with Gasteiger partial charge < -0.3 is 15.0 Å². The van der Waals surface area contributed by atoms with Gasteiger partial charge in [-0.05, 0) is 27.7 Å². The van der Waals surface area contributed by atoms with E-state index in [1.165, 1.54) is 12.4 Å². The largest absolute Gasteiger partial charge is 0.497 e. The van der Waals surface area contributed by atoms with Gasteiger partial charge in [0, 0.05) is 17.2 Å². The molecule has 4 nitrogen and oxygen atoms in total. The number of nitrogen functional groups attached to an aromatic ring is 1. The Labute approximate surface area is 111 Å². The lowest BCUT2D eigenvalue weighted by Gasteiger charge is -2.32. The van der Waals surface area contributed by atoms with Gasteiger partial charge in [0.25, 0.3) is 6.43 Å². The molecule has 1 saturated heterocycles. The molecule has 0 radical (unpaired) electrons. The lowest BCUT2D eigenvalue weighted by atomic mass is 9.77. The zero-order valence-corrected chi connectivity index (χ0v) is 11.4. The molecule has 1 aromatic rings. The molecule has 7 heteroatoms. The summed E-state index contributed by atoms with van der Waals surface area (Å²) in [6.07, 6.45) is -0.173. The smallest absolute Gasteiger partial charge is 0.399 e. The highest BCUT2D eigenvalue weighted by atomic mass is 19.3. The fourth-order valence-electron chi connectivity index (χ4n) is 1.91. The van der Waals surface area contributed by atoms with Crippen LogP contribution in [-0.2, 0) is 9.31 Å². The van der Waals surface area contributed by atoms with E-state index in [-0.39, 0.29) is 16.7 Å². The van der Waals surface area contributed by atoms with Crippen LogP contribution >= 0.6 is 0 Å². The predicted octanol–water partition coefficient (Wildman–Crippen LogP) is 1.90. The molecular weight excluding hydrogens is 253 g/mol. The second-order valence-corrected chi connectivity index (χ2v) is 5.62. The predicted molar refractivity (Wildman–Crippen MR) is 69.3 cm³/mol. The van der Waals surface area contributed by atoms with Crippen molar-refractivity contribution in [1.29, 1.82) is 0 Å². The first-order chi connectivity index (χ1) is 8.66. The van der Waals surface area contributed by atoms with Crippen molar-refractivity contribution in [2.45, 2.75) is 45.3 Å². The van der Waals surface area contributed by atoms with Crippen molar-refractivity contribution in [3.05, 3.63) is 18.0 Å². The maximum absolute atomic E-state index is 13.1. The van der Waals surface area contributed by atoms with Gasteiger partial charge in [0.2, 0.25) is 0 Å². The van der Waals surface area contributed by atoms with Crippen LogP contribution in [0, 0.1) is 0 Å². The van der Waals surface area contributed by atoms with E-state index >= 15 is 0 Å². The minimum absolute atomic E-state index is 0.0535. The number of rotatable bonds is 2. The van der Waals surface area contributed by atoms with E-state index in [2.05, 4.69) is 4.98 Å². The standard InChI is InChI=1S/C12H17BF2N2O2/c1-11(2)12(3,4)19-13(18-11)7-5-17-6-8(16)9(7)10(14)15/h5-6,10H,16H2,1-4H3. The third-order valence-electron chi connectivity index (χ3n) is 3.77. The average Bonchev–Trinajstić information content (AvgIpc) is 2.47. The third kappa shape index (κ3) is 2.32. The van der Waals surface area contributed by atoms with Gasteiger partial charge in [0.05, 0.1) is 23.1 Å². The molecule has 1 aliphatic rings. The summed E-state index contributed by atoms with van der Waals surface area (Å²) in [5, 5.41) is 0. The highest BCUT2D eigenvalue weighted by Gasteiger charge is 2.52. The first-order valence-electron chi connectivity index (χ1n) is 6.03. The summed E-state index contributed by atoms with van der Waals surface area (Å²) < 4.78 is 37.7. The van der Waals surface area contributed by atoms with Crippen molar-refractivity contribution in [2.24, 2.45) is 0 Å². The van der Waals surface area contributed by atoms with Crippen molar-refractivity contribution < 1.29 is 18.1 Å². The van der Waals surface area contributed by atoms with Crippen LogP contribution in [0.1, 0.15) is 39.7 Å². The Morgan fingerprint density at radius 1 is 1.16 bits per heavy atom. The second kappa shape index (κ2) is 4.42. The Morgan fingerprint density at radius 2 is 1.68 bits per heavy atom. The molecule has 0 amide bonds. The molecule has 2 rings (SSSR count). The summed E-state index contributed by atoms with van der Waals surface area (Å²) in [6, 6.07) is 0. The number of pyridine rings is 1. The van der Waals surface area contributed by atoms with Gasteiger partial charge in [0.15, 0.2) is 0 Å². The molecule has 1 aliphatic heterocycles. The van der Waals surface area contributed by atoms with E-state index in [0.717, 1.165) is 0 Å². The minimum atomic E-state index is -2.70. The summed E-state index contributed by atoms with van der Waals surface area (Å²) >= 11 is 0. The fraction of sp³-hybridized carbons (Fsp3) is 0.583. The Balaban J connectivity index is 2.43. The molecule has 0 bridgehead atoms.